The van der Waals surface area contributed by atoms with Crippen LogP contribution in [0.2, 0.25) is 0 Å². The number of nitrogens with zero attached hydrogens (tertiary/aromatic N) is 4. The molecule has 4 amide bonds. The molecule has 17 heteroatoms. The number of carbonyl (C=O) groups is 4. The van der Waals surface area contributed by atoms with Gasteiger partial charge < -0.3 is 20.3 Å². The zero-order chi connectivity index (χ0) is 43.2. The molecule has 3 heterocycles. The van der Waals surface area contributed by atoms with Gasteiger partial charge in [-0.1, -0.05) is 81.5 Å². The second-order valence-corrected chi connectivity index (χ2v) is 20.1. The summed E-state index contributed by atoms with van der Waals surface area (Å²) in [5, 5.41) is 14.3. The standard InChI is InChI=1S/C43H53F2N7O7S/c1-41(2,3)35-38(54)51-25-29(23-32(51)37(53)47-43(24-31(43)36(44)45)39(55)50-60(57,58)30-19-20-30)52-48-33(27-16-10-8-11-17-27)34(49-52)28-18-13-15-26(22-28)14-9-6-7-12-21-42(4,5)59-40(56)46-35/h8-11,13-18,22,29-32,35-36H,6-7,12,19-21,23-25H2,1-5H3,(H,46,56)(H,47,53)(H,50,55)/b14-9+/t29?,31-,32-,35+,43-/m0/s1. The van der Waals surface area contributed by atoms with E-state index < -0.39 is 92.5 Å². The number of halogens is 2. The molecule has 0 radical (unpaired) electrons. The molecule has 7 rings (SSSR count). The molecule has 0 spiro atoms. The molecule has 1 aromatic heterocycles. The molecule has 6 bridgehead atoms. The summed E-state index contributed by atoms with van der Waals surface area (Å²) in [6, 6.07) is 13.9. The van der Waals surface area contributed by atoms with E-state index in [-0.39, 0.29) is 13.0 Å². The van der Waals surface area contributed by atoms with E-state index in [9.17, 15) is 36.4 Å². The van der Waals surface area contributed by atoms with Crippen molar-refractivity contribution in [3.05, 3.63) is 66.2 Å². The summed E-state index contributed by atoms with van der Waals surface area (Å²) < 4.78 is 61.9. The molecule has 14 nitrogen and oxygen atoms in total. The maximum Gasteiger partial charge on any atom is 0.408 e. The molecule has 5 atom stereocenters. The van der Waals surface area contributed by atoms with E-state index in [1.54, 1.807) is 34.6 Å². The number of carbonyl (C=O) groups excluding carboxylic acids is 4. The fourth-order valence-corrected chi connectivity index (χ4v) is 9.43. The number of fused-ring (bicyclic) bond motifs is 8. The highest BCUT2D eigenvalue weighted by Gasteiger charge is 2.67. The molecule has 60 heavy (non-hydrogen) atoms. The minimum atomic E-state index is -4.14. The van der Waals surface area contributed by atoms with Gasteiger partial charge in [0.15, 0.2) is 0 Å². The number of alkyl carbamates (subject to hydrolysis) is 1. The molecule has 322 valence electrons. The highest BCUT2D eigenvalue weighted by atomic mass is 32.2. The molecule has 3 fully saturated rings. The van der Waals surface area contributed by atoms with Crippen molar-refractivity contribution in [1.82, 2.24) is 35.2 Å². The number of benzene rings is 2. The fourth-order valence-electron chi connectivity index (χ4n) is 8.07. The van der Waals surface area contributed by atoms with Gasteiger partial charge in [0, 0.05) is 24.1 Å². The first-order valence-corrected chi connectivity index (χ1v) is 22.1. The van der Waals surface area contributed by atoms with E-state index in [2.05, 4.69) is 16.7 Å². The second-order valence-electron chi connectivity index (χ2n) is 18.1. The van der Waals surface area contributed by atoms with Gasteiger partial charge in [-0.05, 0) is 75.8 Å². The Labute approximate surface area is 348 Å². The van der Waals surface area contributed by atoms with Crippen LogP contribution in [0.15, 0.2) is 60.7 Å². The van der Waals surface area contributed by atoms with Crippen LogP contribution in [0.1, 0.15) is 97.6 Å². The predicted octanol–water partition coefficient (Wildman–Crippen LogP) is 6.01. The number of ether oxygens (including phenoxy) is 1. The lowest BCUT2D eigenvalue weighted by molar-refractivity contribution is -0.143. The fraction of sp³-hybridized carbons (Fsp3) is 0.535. The third-order valence-corrected chi connectivity index (χ3v) is 13.6. The molecule has 1 unspecified atom stereocenters. The average molecular weight is 850 g/mol. The van der Waals surface area contributed by atoms with E-state index >= 15 is 0 Å². The lowest BCUT2D eigenvalue weighted by Crippen LogP contribution is -2.60. The molecule has 2 aliphatic heterocycles. The third-order valence-electron chi connectivity index (χ3n) is 11.8. The lowest BCUT2D eigenvalue weighted by atomic mass is 9.85. The smallest absolute Gasteiger partial charge is 0.408 e. The van der Waals surface area contributed by atoms with Gasteiger partial charge in [0.05, 0.1) is 17.2 Å². The topological polar surface area (TPSA) is 182 Å². The number of aromatic nitrogens is 3. The molecule has 3 aromatic rings. The van der Waals surface area contributed by atoms with Gasteiger partial charge in [0.1, 0.15) is 34.6 Å². The van der Waals surface area contributed by atoms with Crippen LogP contribution in [-0.2, 0) is 29.1 Å². The van der Waals surface area contributed by atoms with Crippen LogP contribution in [0.4, 0.5) is 13.6 Å². The van der Waals surface area contributed by atoms with Crippen LogP contribution in [0, 0.1) is 11.3 Å². The van der Waals surface area contributed by atoms with Gasteiger partial charge in [-0.3, -0.25) is 19.1 Å². The second kappa shape index (κ2) is 16.3. The highest BCUT2D eigenvalue weighted by Crippen LogP contribution is 2.49. The van der Waals surface area contributed by atoms with Gasteiger partial charge in [-0.15, -0.1) is 0 Å². The average Bonchev–Trinajstić information content (AvgIpc) is 4.08. The molecular formula is C43H53F2N7O7S. The number of hydrogen-bond donors (Lipinski definition) is 3. The van der Waals surface area contributed by atoms with Crippen LogP contribution in [0.3, 0.4) is 0 Å². The van der Waals surface area contributed by atoms with Crippen LogP contribution >= 0.6 is 0 Å². The van der Waals surface area contributed by atoms with E-state index in [1.165, 1.54) is 9.70 Å². The molecule has 2 aliphatic carbocycles. The quantitative estimate of drug-likeness (QED) is 0.257. The predicted molar refractivity (Wildman–Crippen MR) is 220 cm³/mol. The zero-order valence-corrected chi connectivity index (χ0v) is 35.3. The summed E-state index contributed by atoms with van der Waals surface area (Å²) in [7, 11) is -4.14. The summed E-state index contributed by atoms with van der Waals surface area (Å²) in [6.07, 6.45) is 3.28. The minimum Gasteiger partial charge on any atom is -0.444 e. The van der Waals surface area contributed by atoms with Crippen molar-refractivity contribution in [2.75, 3.05) is 6.54 Å². The van der Waals surface area contributed by atoms with Crippen molar-refractivity contribution in [2.24, 2.45) is 11.3 Å². The largest absolute Gasteiger partial charge is 0.444 e. The first-order valence-electron chi connectivity index (χ1n) is 20.5. The van der Waals surface area contributed by atoms with E-state index in [0.717, 1.165) is 36.0 Å². The first kappa shape index (κ1) is 42.9. The Morgan fingerprint density at radius 1 is 0.983 bits per heavy atom. The van der Waals surface area contributed by atoms with Crippen molar-refractivity contribution in [1.29, 1.82) is 0 Å². The van der Waals surface area contributed by atoms with E-state index in [1.807, 2.05) is 65.4 Å². The number of allylic oxidation sites excluding steroid dienone is 1. The molecule has 3 N–H and O–H groups in total. The SMILES string of the molecule is CC1(C)CCCC/C=C/c2cccc(c2)-c2nn(nc2-c2ccccc2)C2C[C@@H](C(=O)N[C@@]3(C(=O)NS(=O)(=O)C4CC4)C[C@H]3C(F)F)N(C2)C(=O)[C@H](C(C)(C)C)NC(=O)O1. The molecule has 1 saturated heterocycles. The van der Waals surface area contributed by atoms with Crippen LogP contribution in [0.5, 0.6) is 0 Å². The first-order chi connectivity index (χ1) is 28.3. The number of rotatable bonds is 7. The lowest BCUT2D eigenvalue weighted by Gasteiger charge is -2.36. The van der Waals surface area contributed by atoms with Crippen molar-refractivity contribution < 1.29 is 41.1 Å². The normalized spacial score (nSPS) is 26.6. The third kappa shape index (κ3) is 9.25. The van der Waals surface area contributed by atoms with Crippen LogP contribution in [0.25, 0.3) is 28.6 Å². The van der Waals surface area contributed by atoms with Crippen molar-refractivity contribution in [3.63, 3.8) is 0 Å². The van der Waals surface area contributed by atoms with Gasteiger partial charge in [-0.2, -0.15) is 15.0 Å². The molecular weight excluding hydrogens is 797 g/mol. The number of amides is 4. The Morgan fingerprint density at radius 3 is 2.32 bits per heavy atom. The van der Waals surface area contributed by atoms with E-state index in [4.69, 9.17) is 14.9 Å². The van der Waals surface area contributed by atoms with Crippen LogP contribution < -0.4 is 15.4 Å². The Balaban J connectivity index is 1.29. The summed E-state index contributed by atoms with van der Waals surface area (Å²) in [4.78, 5) is 59.1. The number of sulfonamides is 1. The maximum atomic E-state index is 14.9. The summed E-state index contributed by atoms with van der Waals surface area (Å²) >= 11 is 0. The van der Waals surface area contributed by atoms with Crippen molar-refractivity contribution >= 4 is 39.9 Å². The van der Waals surface area contributed by atoms with Crippen LogP contribution in [-0.4, -0.2) is 93.6 Å². The maximum absolute atomic E-state index is 14.9. The number of cyclic esters (lactones) is 1. The van der Waals surface area contributed by atoms with Gasteiger partial charge in [0.25, 0.3) is 5.91 Å². The summed E-state index contributed by atoms with van der Waals surface area (Å²) in [6.45, 7) is 8.70. The molecule has 2 saturated carbocycles. The number of alkyl halides is 2. The minimum absolute atomic E-state index is 0.103. The Hall–Kier alpha value is -5.19. The van der Waals surface area contributed by atoms with Crippen molar-refractivity contribution in [3.8, 4) is 22.5 Å². The zero-order valence-electron chi connectivity index (χ0n) is 34.5. The Bertz CT molecular complexity index is 2270. The summed E-state index contributed by atoms with van der Waals surface area (Å²) in [5.74, 6) is -4.50. The van der Waals surface area contributed by atoms with Gasteiger partial charge in [0.2, 0.25) is 28.3 Å². The number of hydrogen-bond acceptors (Lipinski definition) is 9. The highest BCUT2D eigenvalue weighted by molar-refractivity contribution is 7.91. The van der Waals surface area contributed by atoms with E-state index in [0.29, 0.717) is 30.7 Å². The van der Waals surface area contributed by atoms with Gasteiger partial charge >= 0.3 is 6.09 Å². The molecule has 2 aromatic carbocycles. The van der Waals surface area contributed by atoms with Gasteiger partial charge in [-0.25, -0.2) is 22.0 Å². The summed E-state index contributed by atoms with van der Waals surface area (Å²) in [5.41, 5.74) is -0.416. The monoisotopic (exact) mass is 849 g/mol. The van der Waals surface area contributed by atoms with Crippen molar-refractivity contribution in [2.45, 2.75) is 127 Å². The molecule has 4 aliphatic rings. The number of nitrogens with one attached hydrogen (secondary N) is 3. The Kier molecular flexibility index (Phi) is 11.7. The Morgan fingerprint density at radius 2 is 1.67 bits per heavy atom.